The molecule has 19 heavy (non-hydrogen) atoms. The summed E-state index contributed by atoms with van der Waals surface area (Å²) in [7, 11) is 1.74. The number of carbonyl (C=O) groups excluding carboxylic acids is 2. The van der Waals surface area contributed by atoms with Crippen LogP contribution in [0, 0.1) is 0 Å². The first-order chi connectivity index (χ1) is 9.17. The summed E-state index contributed by atoms with van der Waals surface area (Å²) >= 11 is 0. The fraction of sp³-hybridized carbons (Fsp3) is 0.143. The molecule has 0 spiro atoms. The van der Waals surface area contributed by atoms with Crippen molar-refractivity contribution in [3.8, 4) is 11.3 Å². The predicted octanol–water partition coefficient (Wildman–Crippen LogP) is 2.74. The lowest BCUT2D eigenvalue weighted by molar-refractivity contribution is 0.110. The van der Waals surface area contributed by atoms with E-state index < -0.39 is 0 Å². The van der Waals surface area contributed by atoms with E-state index in [1.165, 1.54) is 0 Å². The lowest BCUT2D eigenvalue weighted by atomic mass is 10.0. The van der Waals surface area contributed by atoms with E-state index >= 15 is 0 Å². The van der Waals surface area contributed by atoms with Gasteiger partial charge in [-0.2, -0.15) is 0 Å². The van der Waals surface area contributed by atoms with E-state index in [2.05, 4.69) is 5.32 Å². The standard InChI is InChI=1S/C14H12N2O3/c1-16-7-10-6-9(2-4-12(10)15-14(16)18)13-5-3-11(8-17)19-13/h2-6,8H,7H2,1H3,(H,15,18). The Morgan fingerprint density at radius 1 is 1.32 bits per heavy atom. The van der Waals surface area contributed by atoms with Crippen LogP contribution < -0.4 is 5.32 Å². The number of nitrogens with zero attached hydrogens (tertiary/aromatic N) is 1. The van der Waals surface area contributed by atoms with Gasteiger partial charge in [-0.1, -0.05) is 0 Å². The maximum absolute atomic E-state index is 11.5. The summed E-state index contributed by atoms with van der Waals surface area (Å²) in [4.78, 5) is 23.7. The molecule has 1 aromatic carbocycles. The van der Waals surface area contributed by atoms with E-state index in [-0.39, 0.29) is 6.03 Å². The number of benzene rings is 1. The highest BCUT2D eigenvalue weighted by Gasteiger charge is 2.19. The Kier molecular flexibility index (Phi) is 2.59. The van der Waals surface area contributed by atoms with Gasteiger partial charge in [-0.3, -0.25) is 4.79 Å². The monoisotopic (exact) mass is 256 g/mol. The molecule has 0 bridgehead atoms. The minimum Gasteiger partial charge on any atom is -0.453 e. The second-order valence-corrected chi connectivity index (χ2v) is 4.48. The zero-order valence-electron chi connectivity index (χ0n) is 10.3. The maximum Gasteiger partial charge on any atom is 0.321 e. The van der Waals surface area contributed by atoms with Crippen LogP contribution in [0.4, 0.5) is 10.5 Å². The lowest BCUT2D eigenvalue weighted by Crippen LogP contribution is -2.35. The zero-order valence-corrected chi connectivity index (χ0v) is 10.3. The Balaban J connectivity index is 1.99. The van der Waals surface area contributed by atoms with Gasteiger partial charge in [0.25, 0.3) is 0 Å². The SMILES string of the molecule is CN1Cc2cc(-c3ccc(C=O)o3)ccc2NC1=O. The predicted molar refractivity (Wildman–Crippen MR) is 70.0 cm³/mol. The van der Waals surface area contributed by atoms with Crippen LogP contribution in [0.3, 0.4) is 0 Å². The van der Waals surface area contributed by atoms with E-state index in [9.17, 15) is 9.59 Å². The molecule has 5 heteroatoms. The Bertz CT molecular complexity index is 660. The third kappa shape index (κ3) is 1.99. The molecule has 0 radical (unpaired) electrons. The van der Waals surface area contributed by atoms with Crippen molar-refractivity contribution in [3.63, 3.8) is 0 Å². The van der Waals surface area contributed by atoms with Crippen LogP contribution in [0.5, 0.6) is 0 Å². The fourth-order valence-electron chi connectivity index (χ4n) is 2.11. The van der Waals surface area contributed by atoms with Crippen molar-refractivity contribution in [2.75, 3.05) is 12.4 Å². The van der Waals surface area contributed by atoms with Gasteiger partial charge < -0.3 is 14.6 Å². The molecule has 0 saturated carbocycles. The number of aldehydes is 1. The molecule has 1 aromatic heterocycles. The largest absolute Gasteiger partial charge is 0.453 e. The molecule has 1 aliphatic heterocycles. The number of urea groups is 1. The van der Waals surface area contributed by atoms with Gasteiger partial charge in [0.15, 0.2) is 12.0 Å². The Hall–Kier alpha value is -2.56. The third-order valence-corrected chi connectivity index (χ3v) is 3.13. The third-order valence-electron chi connectivity index (χ3n) is 3.13. The van der Waals surface area contributed by atoms with Crippen molar-refractivity contribution in [3.05, 3.63) is 41.7 Å². The number of hydrogen-bond acceptors (Lipinski definition) is 3. The number of carbonyl (C=O) groups is 2. The van der Waals surface area contributed by atoms with Crippen molar-refractivity contribution in [1.82, 2.24) is 4.90 Å². The first kappa shape index (κ1) is 11.5. The second kappa shape index (κ2) is 4.28. The molecule has 0 aliphatic carbocycles. The molecule has 0 fully saturated rings. The molecule has 1 N–H and O–H groups in total. The minimum absolute atomic E-state index is 0.110. The van der Waals surface area contributed by atoms with Crippen molar-refractivity contribution in [1.29, 1.82) is 0 Å². The molecule has 2 amide bonds. The van der Waals surface area contributed by atoms with Crippen LogP contribution in [0.2, 0.25) is 0 Å². The average Bonchev–Trinajstić information content (AvgIpc) is 2.88. The van der Waals surface area contributed by atoms with Crippen LogP contribution in [0.1, 0.15) is 16.1 Å². The number of rotatable bonds is 2. The van der Waals surface area contributed by atoms with Crippen LogP contribution >= 0.6 is 0 Å². The van der Waals surface area contributed by atoms with E-state index in [0.717, 1.165) is 16.8 Å². The summed E-state index contributed by atoms with van der Waals surface area (Å²) in [6.45, 7) is 0.552. The number of amides is 2. The van der Waals surface area contributed by atoms with Gasteiger partial charge >= 0.3 is 6.03 Å². The molecule has 0 saturated heterocycles. The van der Waals surface area contributed by atoms with E-state index in [1.54, 1.807) is 24.1 Å². The van der Waals surface area contributed by atoms with Crippen molar-refractivity contribution < 1.29 is 14.0 Å². The van der Waals surface area contributed by atoms with Gasteiger partial charge in [-0.15, -0.1) is 0 Å². The van der Waals surface area contributed by atoms with E-state index in [0.29, 0.717) is 24.4 Å². The topological polar surface area (TPSA) is 62.6 Å². The Labute approximate surface area is 109 Å². The highest BCUT2D eigenvalue weighted by atomic mass is 16.3. The molecular weight excluding hydrogens is 244 g/mol. The summed E-state index contributed by atoms with van der Waals surface area (Å²) < 4.78 is 5.39. The molecule has 5 nitrogen and oxygen atoms in total. The first-order valence-corrected chi connectivity index (χ1v) is 5.88. The van der Waals surface area contributed by atoms with Gasteiger partial charge in [0.2, 0.25) is 0 Å². The van der Waals surface area contributed by atoms with Crippen molar-refractivity contribution in [2.24, 2.45) is 0 Å². The number of anilines is 1. The van der Waals surface area contributed by atoms with E-state index in [4.69, 9.17) is 4.42 Å². The highest BCUT2D eigenvalue weighted by molar-refractivity contribution is 5.92. The van der Waals surface area contributed by atoms with Gasteiger partial charge in [0, 0.05) is 24.8 Å². The molecule has 2 heterocycles. The van der Waals surface area contributed by atoms with Crippen molar-refractivity contribution in [2.45, 2.75) is 6.54 Å². The minimum atomic E-state index is -0.110. The van der Waals surface area contributed by atoms with Gasteiger partial charge in [-0.05, 0) is 35.9 Å². The first-order valence-electron chi connectivity index (χ1n) is 5.88. The summed E-state index contributed by atoms with van der Waals surface area (Å²) in [6, 6.07) is 8.95. The Morgan fingerprint density at radius 3 is 2.89 bits per heavy atom. The summed E-state index contributed by atoms with van der Waals surface area (Å²) in [6.07, 6.45) is 0.676. The number of hydrogen-bond donors (Lipinski definition) is 1. The smallest absolute Gasteiger partial charge is 0.321 e. The van der Waals surface area contributed by atoms with Crippen LogP contribution in [-0.2, 0) is 6.54 Å². The number of fused-ring (bicyclic) bond motifs is 1. The highest BCUT2D eigenvalue weighted by Crippen LogP contribution is 2.29. The molecule has 1 aliphatic rings. The molecule has 96 valence electrons. The van der Waals surface area contributed by atoms with Crippen LogP contribution in [-0.4, -0.2) is 24.3 Å². The van der Waals surface area contributed by atoms with Gasteiger partial charge in [-0.25, -0.2) is 4.79 Å². The number of nitrogens with one attached hydrogen (secondary N) is 1. The maximum atomic E-state index is 11.5. The molecule has 0 unspecified atom stereocenters. The molecular formula is C14H12N2O3. The normalized spacial score (nSPS) is 13.9. The summed E-state index contributed by atoms with van der Waals surface area (Å²) in [5, 5.41) is 2.80. The molecule has 0 atom stereocenters. The van der Waals surface area contributed by atoms with E-state index in [1.807, 2.05) is 18.2 Å². The average molecular weight is 256 g/mol. The second-order valence-electron chi connectivity index (χ2n) is 4.48. The van der Waals surface area contributed by atoms with Crippen molar-refractivity contribution >= 4 is 18.0 Å². The summed E-state index contributed by atoms with van der Waals surface area (Å²) in [5.41, 5.74) is 2.72. The Morgan fingerprint density at radius 2 is 2.16 bits per heavy atom. The quantitative estimate of drug-likeness (QED) is 0.840. The zero-order chi connectivity index (χ0) is 13.4. The number of furan rings is 1. The lowest BCUT2D eigenvalue weighted by Gasteiger charge is -2.26. The molecule has 2 aromatic rings. The van der Waals surface area contributed by atoms with Gasteiger partial charge in [0.05, 0.1) is 0 Å². The summed E-state index contributed by atoms with van der Waals surface area (Å²) in [5.74, 6) is 0.947. The molecule has 3 rings (SSSR count). The fourth-order valence-corrected chi connectivity index (χ4v) is 2.11. The van der Waals surface area contributed by atoms with Crippen LogP contribution in [0.25, 0.3) is 11.3 Å². The van der Waals surface area contributed by atoms with Crippen LogP contribution in [0.15, 0.2) is 34.7 Å². The van der Waals surface area contributed by atoms with Gasteiger partial charge in [0.1, 0.15) is 5.76 Å².